The highest BCUT2D eigenvalue weighted by molar-refractivity contribution is 7.90. The highest BCUT2D eigenvalue weighted by Crippen LogP contribution is 2.23. The van der Waals surface area contributed by atoms with E-state index in [0.717, 1.165) is 9.87 Å². The molecule has 0 aliphatic carbocycles. The third-order valence-corrected chi connectivity index (χ3v) is 4.47. The molecule has 118 valence electrons. The van der Waals surface area contributed by atoms with Crippen LogP contribution < -0.4 is 9.03 Å². The summed E-state index contributed by atoms with van der Waals surface area (Å²) in [6.07, 6.45) is -0.264. The zero-order valence-electron chi connectivity index (χ0n) is 12.8. The van der Waals surface area contributed by atoms with Crippen molar-refractivity contribution in [3.63, 3.8) is 0 Å². The van der Waals surface area contributed by atoms with Gasteiger partial charge in [0.05, 0.1) is 12.1 Å². The summed E-state index contributed by atoms with van der Waals surface area (Å²) in [4.78, 5) is 10.8. The number of aliphatic carboxylic acids is 1. The molecule has 0 bridgehead atoms. The van der Waals surface area contributed by atoms with E-state index in [1.165, 1.54) is 0 Å². The molecule has 6 nitrogen and oxygen atoms in total. The molecule has 0 unspecified atom stereocenters. The lowest BCUT2D eigenvalue weighted by Crippen LogP contribution is -2.49. The number of hydrogen-bond donors (Lipinski definition) is 2. The van der Waals surface area contributed by atoms with Crippen molar-refractivity contribution in [3.05, 3.63) is 29.8 Å². The van der Waals surface area contributed by atoms with Gasteiger partial charge in [-0.25, -0.2) is 0 Å². The van der Waals surface area contributed by atoms with E-state index in [2.05, 4.69) is 4.72 Å². The molecule has 2 N–H and O–H groups in total. The van der Waals surface area contributed by atoms with Crippen LogP contribution >= 0.6 is 0 Å². The fourth-order valence-electron chi connectivity index (χ4n) is 1.85. The van der Waals surface area contributed by atoms with Gasteiger partial charge in [-0.15, -0.1) is 0 Å². The van der Waals surface area contributed by atoms with Gasteiger partial charge >= 0.3 is 16.2 Å². The maximum atomic E-state index is 12.5. The molecule has 0 heterocycles. The number of benzene rings is 1. The molecule has 1 rings (SSSR count). The van der Waals surface area contributed by atoms with Gasteiger partial charge in [0.2, 0.25) is 0 Å². The minimum absolute atomic E-state index is 0.119. The van der Waals surface area contributed by atoms with Crippen LogP contribution in [-0.4, -0.2) is 31.6 Å². The number of carboxylic acids is 1. The summed E-state index contributed by atoms with van der Waals surface area (Å²) in [6, 6.07) is 6.98. The summed E-state index contributed by atoms with van der Waals surface area (Å²) >= 11 is 0. The molecule has 7 heteroatoms. The fourth-order valence-corrected chi connectivity index (χ4v) is 3.53. The van der Waals surface area contributed by atoms with Crippen LogP contribution in [0.2, 0.25) is 0 Å². The summed E-state index contributed by atoms with van der Waals surface area (Å²) in [5.74, 6) is -1.04. The fraction of sp³-hybridized carbons (Fsp3) is 0.500. The Labute approximate surface area is 126 Å². The Morgan fingerprint density at radius 3 is 2.33 bits per heavy atom. The molecule has 0 spiro atoms. The van der Waals surface area contributed by atoms with Gasteiger partial charge in [0.15, 0.2) is 0 Å². The molecular weight excluding hydrogens is 292 g/mol. The molecule has 0 saturated carbocycles. The Morgan fingerprint density at radius 1 is 1.29 bits per heavy atom. The van der Waals surface area contributed by atoms with Crippen LogP contribution in [0.25, 0.3) is 0 Å². The van der Waals surface area contributed by atoms with Crippen LogP contribution in [0.1, 0.15) is 32.8 Å². The standard InChI is InChI=1S/C14H22N2O4S/c1-11-7-5-6-8-12(11)16(10-9-13(17)18)21(19,20)15-14(2,3)4/h5-8,15H,9-10H2,1-4H3,(H,17,18). The summed E-state index contributed by atoms with van der Waals surface area (Å²) < 4.78 is 28.7. The molecule has 0 aliphatic rings. The van der Waals surface area contributed by atoms with E-state index in [9.17, 15) is 13.2 Å². The Bertz CT molecular complexity index is 606. The number of hydrogen-bond acceptors (Lipinski definition) is 3. The van der Waals surface area contributed by atoms with E-state index in [-0.39, 0.29) is 13.0 Å². The number of rotatable bonds is 6. The molecule has 0 amide bonds. The summed E-state index contributed by atoms with van der Waals surface area (Å²) in [6.45, 7) is 6.87. The number of nitrogens with zero attached hydrogens (tertiary/aromatic N) is 1. The highest BCUT2D eigenvalue weighted by atomic mass is 32.2. The number of carboxylic acid groups (broad SMARTS) is 1. The van der Waals surface area contributed by atoms with Gasteiger partial charge < -0.3 is 5.11 Å². The normalized spacial score (nSPS) is 12.2. The van der Waals surface area contributed by atoms with Crippen LogP contribution in [0.3, 0.4) is 0 Å². The van der Waals surface area contributed by atoms with Gasteiger partial charge in [0.25, 0.3) is 0 Å². The second-order valence-electron chi connectivity index (χ2n) is 5.86. The number of para-hydroxylation sites is 1. The Morgan fingerprint density at radius 2 is 1.86 bits per heavy atom. The summed E-state index contributed by atoms with van der Waals surface area (Å²) in [5.41, 5.74) is 0.598. The van der Waals surface area contributed by atoms with Gasteiger partial charge in [-0.1, -0.05) is 18.2 Å². The molecule has 0 atom stereocenters. The van der Waals surface area contributed by atoms with E-state index in [1.807, 2.05) is 0 Å². The Hall–Kier alpha value is -1.60. The van der Waals surface area contributed by atoms with Gasteiger partial charge in [-0.2, -0.15) is 13.1 Å². The van der Waals surface area contributed by atoms with E-state index in [1.54, 1.807) is 52.0 Å². The van der Waals surface area contributed by atoms with Gasteiger partial charge in [-0.05, 0) is 39.3 Å². The van der Waals surface area contributed by atoms with E-state index in [4.69, 9.17) is 5.11 Å². The SMILES string of the molecule is Cc1ccccc1N(CCC(=O)O)S(=O)(=O)NC(C)(C)C. The van der Waals surface area contributed by atoms with Crippen LogP contribution in [0.5, 0.6) is 0 Å². The maximum Gasteiger partial charge on any atom is 0.305 e. The zero-order valence-corrected chi connectivity index (χ0v) is 13.6. The molecular formula is C14H22N2O4S. The van der Waals surface area contributed by atoms with Crippen molar-refractivity contribution in [1.82, 2.24) is 4.72 Å². The largest absolute Gasteiger partial charge is 0.481 e. The third kappa shape index (κ3) is 5.35. The first-order chi connectivity index (χ1) is 9.53. The minimum Gasteiger partial charge on any atom is -0.481 e. The average molecular weight is 314 g/mol. The van der Waals surface area contributed by atoms with Crippen molar-refractivity contribution in [3.8, 4) is 0 Å². The lowest BCUT2D eigenvalue weighted by atomic mass is 10.1. The van der Waals surface area contributed by atoms with Crippen LogP contribution in [0.15, 0.2) is 24.3 Å². The van der Waals surface area contributed by atoms with Crippen molar-refractivity contribution in [2.45, 2.75) is 39.7 Å². The molecule has 21 heavy (non-hydrogen) atoms. The first-order valence-electron chi connectivity index (χ1n) is 6.62. The first kappa shape index (κ1) is 17.5. The molecule has 0 fully saturated rings. The second kappa shape index (κ2) is 6.44. The molecule has 0 aromatic heterocycles. The Kier molecular flexibility index (Phi) is 5.36. The van der Waals surface area contributed by atoms with Gasteiger partial charge in [-0.3, -0.25) is 9.10 Å². The molecule has 0 radical (unpaired) electrons. The van der Waals surface area contributed by atoms with Crippen molar-refractivity contribution in [1.29, 1.82) is 0 Å². The lowest BCUT2D eigenvalue weighted by Gasteiger charge is -2.30. The predicted molar refractivity (Wildman–Crippen MR) is 82.6 cm³/mol. The van der Waals surface area contributed by atoms with Crippen molar-refractivity contribution < 1.29 is 18.3 Å². The number of aryl methyl sites for hydroxylation is 1. The van der Waals surface area contributed by atoms with Crippen molar-refractivity contribution in [2.75, 3.05) is 10.8 Å². The molecule has 0 saturated heterocycles. The van der Waals surface area contributed by atoms with Gasteiger partial charge in [0, 0.05) is 12.1 Å². The second-order valence-corrected chi connectivity index (χ2v) is 7.45. The van der Waals surface area contributed by atoms with E-state index < -0.39 is 21.7 Å². The summed E-state index contributed by atoms with van der Waals surface area (Å²) in [5, 5.41) is 8.83. The van der Waals surface area contributed by atoms with Crippen molar-refractivity contribution in [2.24, 2.45) is 0 Å². The first-order valence-corrected chi connectivity index (χ1v) is 8.06. The third-order valence-electron chi connectivity index (χ3n) is 2.64. The minimum atomic E-state index is -3.83. The summed E-state index contributed by atoms with van der Waals surface area (Å²) in [7, 11) is -3.83. The number of carbonyl (C=O) groups is 1. The molecule has 1 aromatic rings. The topological polar surface area (TPSA) is 86.7 Å². The smallest absolute Gasteiger partial charge is 0.305 e. The highest BCUT2D eigenvalue weighted by Gasteiger charge is 2.28. The monoisotopic (exact) mass is 314 g/mol. The lowest BCUT2D eigenvalue weighted by molar-refractivity contribution is -0.136. The molecule has 1 aromatic carbocycles. The molecule has 0 aliphatic heterocycles. The van der Waals surface area contributed by atoms with E-state index in [0.29, 0.717) is 5.69 Å². The maximum absolute atomic E-state index is 12.5. The number of nitrogens with one attached hydrogen (secondary N) is 1. The Balaban J connectivity index is 3.20. The van der Waals surface area contributed by atoms with Crippen LogP contribution in [-0.2, 0) is 15.0 Å². The van der Waals surface area contributed by atoms with E-state index >= 15 is 0 Å². The average Bonchev–Trinajstić information content (AvgIpc) is 2.27. The number of anilines is 1. The zero-order chi connectivity index (χ0) is 16.3. The quantitative estimate of drug-likeness (QED) is 0.839. The van der Waals surface area contributed by atoms with Crippen LogP contribution in [0, 0.1) is 6.92 Å². The van der Waals surface area contributed by atoms with Crippen molar-refractivity contribution >= 4 is 21.9 Å². The predicted octanol–water partition coefficient (Wildman–Crippen LogP) is 1.91. The van der Waals surface area contributed by atoms with Gasteiger partial charge in [0.1, 0.15) is 0 Å². The van der Waals surface area contributed by atoms with Crippen LogP contribution in [0.4, 0.5) is 5.69 Å².